The average Bonchev–Trinajstić information content (AvgIpc) is 2.90. The van der Waals surface area contributed by atoms with Crippen molar-refractivity contribution in [3.05, 3.63) is 108 Å². The zero-order valence-electron chi connectivity index (χ0n) is 19.7. The van der Waals surface area contributed by atoms with Crippen LogP contribution in [0.1, 0.15) is 35.4 Å². The van der Waals surface area contributed by atoms with Gasteiger partial charge in [0.1, 0.15) is 6.04 Å². The topological polar surface area (TPSA) is 92.5 Å². The van der Waals surface area contributed by atoms with Gasteiger partial charge in [-0.2, -0.15) is 0 Å². The third-order valence-corrected chi connectivity index (χ3v) is 6.63. The summed E-state index contributed by atoms with van der Waals surface area (Å²) in [5.41, 5.74) is 8.16. The largest absolute Gasteiger partial charge is 0.369 e. The number of rotatable bonds is 8. The lowest BCUT2D eigenvalue weighted by Crippen LogP contribution is -2.53. The van der Waals surface area contributed by atoms with E-state index in [1.165, 1.54) is 0 Å². The molecule has 3 amide bonds. The number of amides is 3. The lowest BCUT2D eigenvalue weighted by Gasteiger charge is -2.34. The summed E-state index contributed by atoms with van der Waals surface area (Å²) >= 11 is 0. The third-order valence-electron chi connectivity index (χ3n) is 6.63. The Morgan fingerprint density at radius 1 is 0.800 bits per heavy atom. The minimum absolute atomic E-state index is 0.134. The Labute approximate surface area is 206 Å². The van der Waals surface area contributed by atoms with Gasteiger partial charge in [-0.05, 0) is 29.5 Å². The summed E-state index contributed by atoms with van der Waals surface area (Å²) in [6.07, 6.45) is 1.48. The number of primary amides is 1. The lowest BCUT2D eigenvalue weighted by atomic mass is 9.90. The zero-order valence-corrected chi connectivity index (χ0v) is 19.7. The molecule has 1 saturated heterocycles. The molecule has 6 nitrogen and oxygen atoms in total. The van der Waals surface area contributed by atoms with Gasteiger partial charge < -0.3 is 16.0 Å². The molecule has 0 unspecified atom stereocenters. The van der Waals surface area contributed by atoms with E-state index in [1.807, 2.05) is 91.0 Å². The molecule has 4 rings (SSSR count). The van der Waals surface area contributed by atoms with Gasteiger partial charge in [0.05, 0.1) is 5.92 Å². The van der Waals surface area contributed by atoms with E-state index in [9.17, 15) is 14.4 Å². The monoisotopic (exact) mass is 469 g/mol. The van der Waals surface area contributed by atoms with E-state index in [1.54, 1.807) is 4.90 Å². The lowest BCUT2D eigenvalue weighted by molar-refractivity contribution is -0.139. The van der Waals surface area contributed by atoms with Crippen LogP contribution >= 0.6 is 0 Å². The Hall–Kier alpha value is -3.93. The maximum atomic E-state index is 13.7. The maximum absolute atomic E-state index is 13.7. The number of piperidine rings is 1. The molecule has 1 aliphatic heterocycles. The van der Waals surface area contributed by atoms with Gasteiger partial charge in [-0.25, -0.2) is 0 Å². The highest BCUT2D eigenvalue weighted by Gasteiger charge is 2.33. The van der Waals surface area contributed by atoms with Crippen molar-refractivity contribution >= 4 is 17.7 Å². The summed E-state index contributed by atoms with van der Waals surface area (Å²) in [5.74, 6) is -1.42. The number of carbonyl (C=O) groups excluding carboxylic acids is 3. The highest BCUT2D eigenvalue weighted by atomic mass is 16.2. The van der Waals surface area contributed by atoms with Gasteiger partial charge in [0.2, 0.25) is 17.7 Å². The van der Waals surface area contributed by atoms with Crippen LogP contribution in [0.2, 0.25) is 0 Å². The number of benzene rings is 3. The normalized spacial score (nSPS) is 14.9. The first kappa shape index (κ1) is 24.2. The first-order valence-corrected chi connectivity index (χ1v) is 12.0. The smallest absolute Gasteiger partial charge is 0.245 e. The van der Waals surface area contributed by atoms with Crippen molar-refractivity contribution in [2.24, 2.45) is 11.7 Å². The van der Waals surface area contributed by atoms with Crippen molar-refractivity contribution in [1.29, 1.82) is 0 Å². The molecule has 180 valence electrons. The quantitative estimate of drug-likeness (QED) is 0.530. The molecule has 6 heteroatoms. The molecule has 1 atom stereocenters. The van der Waals surface area contributed by atoms with Gasteiger partial charge in [0.25, 0.3) is 0 Å². The van der Waals surface area contributed by atoms with E-state index < -0.39 is 12.0 Å². The third kappa shape index (κ3) is 6.15. The Morgan fingerprint density at radius 3 is 1.77 bits per heavy atom. The van der Waals surface area contributed by atoms with Crippen LogP contribution < -0.4 is 11.1 Å². The predicted molar refractivity (Wildman–Crippen MR) is 135 cm³/mol. The number of nitrogens with one attached hydrogen (secondary N) is 1. The van der Waals surface area contributed by atoms with Crippen molar-refractivity contribution in [1.82, 2.24) is 10.2 Å². The number of nitrogens with zero attached hydrogens (tertiary/aromatic N) is 1. The number of hydrogen-bond donors (Lipinski definition) is 2. The van der Waals surface area contributed by atoms with E-state index in [4.69, 9.17) is 5.73 Å². The van der Waals surface area contributed by atoms with Gasteiger partial charge in [0.15, 0.2) is 0 Å². The van der Waals surface area contributed by atoms with Crippen LogP contribution in [0.25, 0.3) is 0 Å². The molecule has 3 aromatic carbocycles. The first-order chi connectivity index (χ1) is 17.0. The molecule has 3 aromatic rings. The summed E-state index contributed by atoms with van der Waals surface area (Å²) in [6.45, 7) is 0.906. The molecule has 0 radical (unpaired) electrons. The Balaban J connectivity index is 1.58. The molecule has 0 bridgehead atoms. The fourth-order valence-electron chi connectivity index (χ4n) is 4.70. The summed E-state index contributed by atoms with van der Waals surface area (Å²) < 4.78 is 0. The van der Waals surface area contributed by atoms with Crippen molar-refractivity contribution in [2.75, 3.05) is 13.1 Å². The Kier molecular flexibility index (Phi) is 7.93. The van der Waals surface area contributed by atoms with Crippen molar-refractivity contribution in [3.8, 4) is 0 Å². The fourth-order valence-corrected chi connectivity index (χ4v) is 4.70. The molecule has 0 saturated carbocycles. The first-order valence-electron chi connectivity index (χ1n) is 12.0. The molecule has 1 fully saturated rings. The Morgan fingerprint density at radius 2 is 1.29 bits per heavy atom. The summed E-state index contributed by atoms with van der Waals surface area (Å²) in [5, 5.41) is 3.07. The van der Waals surface area contributed by atoms with Crippen LogP contribution in [0.5, 0.6) is 0 Å². The van der Waals surface area contributed by atoms with Crippen molar-refractivity contribution < 1.29 is 14.4 Å². The number of carbonyl (C=O) groups is 3. The second-order valence-corrected chi connectivity index (χ2v) is 9.01. The number of hydrogen-bond acceptors (Lipinski definition) is 3. The van der Waals surface area contributed by atoms with Gasteiger partial charge >= 0.3 is 0 Å². The molecule has 1 heterocycles. The van der Waals surface area contributed by atoms with E-state index >= 15 is 0 Å². The van der Waals surface area contributed by atoms with Crippen LogP contribution in [0.15, 0.2) is 91.0 Å². The fraction of sp³-hybridized carbons (Fsp3) is 0.276. The van der Waals surface area contributed by atoms with Crippen molar-refractivity contribution in [3.63, 3.8) is 0 Å². The minimum Gasteiger partial charge on any atom is -0.369 e. The van der Waals surface area contributed by atoms with Crippen LogP contribution in [0.4, 0.5) is 0 Å². The average molecular weight is 470 g/mol. The van der Waals surface area contributed by atoms with Crippen LogP contribution in [0.3, 0.4) is 0 Å². The molecule has 1 aliphatic rings. The standard InChI is InChI=1S/C29H31N3O3/c30-27(33)24-16-18-32(19-17-24)29(35)25(20-21-10-4-1-5-11-21)31-28(34)26(22-12-6-2-7-13-22)23-14-8-3-9-15-23/h1-15,24-26H,16-20H2,(H2,30,33)(H,31,34)/t25-/m0/s1. The maximum Gasteiger partial charge on any atom is 0.245 e. The summed E-state index contributed by atoms with van der Waals surface area (Å²) in [4.78, 5) is 40.6. The highest BCUT2D eigenvalue weighted by Crippen LogP contribution is 2.25. The minimum atomic E-state index is -0.718. The van der Waals surface area contributed by atoms with Crippen molar-refractivity contribution in [2.45, 2.75) is 31.2 Å². The second-order valence-electron chi connectivity index (χ2n) is 9.01. The molecule has 0 aromatic heterocycles. The van der Waals surface area contributed by atoms with Crippen LogP contribution in [-0.4, -0.2) is 41.8 Å². The van der Waals surface area contributed by atoms with E-state index in [2.05, 4.69) is 5.32 Å². The summed E-state index contributed by atoms with van der Waals surface area (Å²) in [7, 11) is 0. The van der Waals surface area contributed by atoms with Gasteiger partial charge in [0, 0.05) is 25.4 Å². The molecule has 35 heavy (non-hydrogen) atoms. The van der Waals surface area contributed by atoms with E-state index in [-0.39, 0.29) is 23.6 Å². The van der Waals surface area contributed by atoms with Crippen LogP contribution in [-0.2, 0) is 20.8 Å². The Bertz CT molecular complexity index is 1090. The SMILES string of the molecule is NC(=O)C1CCN(C(=O)[C@H](Cc2ccccc2)NC(=O)C(c2ccccc2)c2ccccc2)CC1. The van der Waals surface area contributed by atoms with Gasteiger partial charge in [-0.15, -0.1) is 0 Å². The number of likely N-dealkylation sites (tertiary alicyclic amines) is 1. The molecular weight excluding hydrogens is 438 g/mol. The van der Waals surface area contributed by atoms with Gasteiger partial charge in [-0.3, -0.25) is 14.4 Å². The number of nitrogens with two attached hydrogens (primary N) is 1. The summed E-state index contributed by atoms with van der Waals surface area (Å²) in [6, 6.07) is 28.2. The van der Waals surface area contributed by atoms with Gasteiger partial charge in [-0.1, -0.05) is 91.0 Å². The molecular formula is C29H31N3O3. The predicted octanol–water partition coefficient (Wildman–Crippen LogP) is 3.27. The van der Waals surface area contributed by atoms with E-state index in [0.29, 0.717) is 32.4 Å². The second kappa shape index (κ2) is 11.5. The van der Waals surface area contributed by atoms with E-state index in [0.717, 1.165) is 16.7 Å². The molecule has 3 N–H and O–H groups in total. The molecule has 0 spiro atoms. The highest BCUT2D eigenvalue weighted by molar-refractivity contribution is 5.92. The zero-order chi connectivity index (χ0) is 24.6. The molecule has 0 aliphatic carbocycles. The van der Waals surface area contributed by atoms with Crippen LogP contribution in [0, 0.1) is 5.92 Å².